The molecule has 0 radical (unpaired) electrons. The van der Waals surface area contributed by atoms with Crippen molar-refractivity contribution in [3.8, 4) is 11.1 Å². The summed E-state index contributed by atoms with van der Waals surface area (Å²) in [4.78, 5) is 4.90. The molecule has 4 heteroatoms. The van der Waals surface area contributed by atoms with E-state index in [9.17, 15) is 0 Å². The van der Waals surface area contributed by atoms with Crippen LogP contribution in [0.3, 0.4) is 0 Å². The lowest BCUT2D eigenvalue weighted by Crippen LogP contribution is -2.63. The largest absolute Gasteiger partial charge is 0.310 e. The number of anilines is 6. The number of hydrogen-bond acceptors (Lipinski definition) is 2. The Morgan fingerprint density at radius 1 is 0.373 bits per heavy atom. The third kappa shape index (κ3) is 5.28. The van der Waals surface area contributed by atoms with Crippen molar-refractivity contribution in [2.45, 2.75) is 43.9 Å². The molecule has 1 aliphatic rings. The molecule has 1 aliphatic carbocycles. The monoisotopic (exact) mass is 694 g/mol. The Bertz CT molecular complexity index is 2230. The lowest BCUT2D eigenvalue weighted by Gasteiger charge is -2.51. The molecule has 0 saturated carbocycles. The maximum absolute atomic E-state index is 2.62. The molecule has 0 amide bonds. The van der Waals surface area contributed by atoms with Gasteiger partial charge in [0.2, 0.25) is 0 Å². The molecule has 8 rings (SSSR count). The van der Waals surface area contributed by atoms with Crippen LogP contribution in [-0.2, 0) is 4.66 Å². The minimum atomic E-state index is -2.01. The first kappa shape index (κ1) is 33.0. The number of nitrogens with zero attached hydrogens (tertiary/aromatic N) is 2. The number of hydrogen-bond donors (Lipinski definition) is 0. The highest BCUT2D eigenvalue weighted by atomic mass is 28.4. The fourth-order valence-electron chi connectivity index (χ4n) is 9.40. The van der Waals surface area contributed by atoms with Gasteiger partial charge in [0.15, 0.2) is 0 Å². The van der Waals surface area contributed by atoms with E-state index in [1.165, 1.54) is 67.2 Å². The van der Waals surface area contributed by atoms with E-state index in [1.54, 1.807) is 0 Å². The summed E-state index contributed by atoms with van der Waals surface area (Å²) in [6.45, 7) is 15.7. The maximum Gasteiger partial charge on any atom is 0.0579 e. The standard InChI is InChI=1S/C47H46N2Si2/c1-50(2,3)47(51(4,5)6)43-33-39(48(35-21-11-7-12-22-35)36-23-13-8-14-24-36)31-32-42(43)46-41-30-20-19-29-40(41)45(34-44(46)47)49(37-25-15-9-16-26-37)38-27-17-10-18-28-38/h7-34H,1-6H3. The van der Waals surface area contributed by atoms with Crippen molar-refractivity contribution in [1.29, 1.82) is 0 Å². The lowest BCUT2D eigenvalue weighted by molar-refractivity contribution is 0.952. The predicted molar refractivity (Wildman–Crippen MR) is 226 cm³/mol. The molecule has 0 aromatic heterocycles. The van der Waals surface area contributed by atoms with E-state index < -0.39 is 16.1 Å². The van der Waals surface area contributed by atoms with Crippen LogP contribution in [-0.4, -0.2) is 16.1 Å². The SMILES string of the molecule is C[Si](C)(C)C1([Si](C)(C)C)c2cc(N(c3ccccc3)c3ccccc3)ccc2-c2c1cc(N(c1ccccc1)c1ccccc1)c1ccccc21. The summed E-state index contributed by atoms with van der Waals surface area (Å²) < 4.78 is -0.0580. The Morgan fingerprint density at radius 3 is 1.24 bits per heavy atom. The van der Waals surface area contributed by atoms with Crippen molar-refractivity contribution in [2.24, 2.45) is 0 Å². The minimum absolute atomic E-state index is 0.0580. The Morgan fingerprint density at radius 2 is 0.784 bits per heavy atom. The zero-order chi connectivity index (χ0) is 35.4. The van der Waals surface area contributed by atoms with Gasteiger partial charge in [-0.1, -0.05) is 142 Å². The van der Waals surface area contributed by atoms with Gasteiger partial charge < -0.3 is 9.80 Å². The summed E-state index contributed by atoms with van der Waals surface area (Å²) in [5.74, 6) is 0. The van der Waals surface area contributed by atoms with Gasteiger partial charge in [-0.25, -0.2) is 0 Å². The second-order valence-corrected chi connectivity index (χ2v) is 26.9. The number of rotatable bonds is 8. The molecule has 0 spiro atoms. The second-order valence-electron chi connectivity index (χ2n) is 15.9. The summed E-state index contributed by atoms with van der Waals surface area (Å²) in [6.07, 6.45) is 0. The first-order valence-corrected chi connectivity index (χ1v) is 25.1. The average Bonchev–Trinajstić information content (AvgIpc) is 3.45. The molecule has 252 valence electrons. The zero-order valence-corrected chi connectivity index (χ0v) is 32.6. The van der Waals surface area contributed by atoms with Gasteiger partial charge in [-0.2, -0.15) is 0 Å². The van der Waals surface area contributed by atoms with Crippen LogP contribution in [0.4, 0.5) is 34.1 Å². The van der Waals surface area contributed by atoms with Gasteiger partial charge in [-0.3, -0.25) is 0 Å². The van der Waals surface area contributed by atoms with Crippen molar-refractivity contribution >= 4 is 61.0 Å². The molecular formula is C47H46N2Si2. The highest BCUT2D eigenvalue weighted by Crippen LogP contribution is 2.61. The van der Waals surface area contributed by atoms with Crippen LogP contribution in [0.2, 0.25) is 39.3 Å². The molecule has 0 atom stereocenters. The van der Waals surface area contributed by atoms with E-state index in [0.29, 0.717) is 0 Å². The van der Waals surface area contributed by atoms with E-state index in [-0.39, 0.29) is 4.66 Å². The Labute approximate surface area is 305 Å². The van der Waals surface area contributed by atoms with E-state index in [1.807, 2.05) is 0 Å². The number of benzene rings is 7. The van der Waals surface area contributed by atoms with Gasteiger partial charge in [-0.05, 0) is 94.4 Å². The van der Waals surface area contributed by atoms with Crippen molar-refractivity contribution in [2.75, 3.05) is 9.80 Å². The molecule has 2 nitrogen and oxygen atoms in total. The van der Waals surface area contributed by atoms with Crippen LogP contribution in [0.1, 0.15) is 11.1 Å². The molecule has 0 unspecified atom stereocenters. The van der Waals surface area contributed by atoms with Crippen LogP contribution >= 0.6 is 0 Å². The van der Waals surface area contributed by atoms with Gasteiger partial charge in [0.1, 0.15) is 0 Å². The van der Waals surface area contributed by atoms with Crippen LogP contribution in [0.25, 0.3) is 21.9 Å². The van der Waals surface area contributed by atoms with Crippen LogP contribution < -0.4 is 9.80 Å². The van der Waals surface area contributed by atoms with E-state index >= 15 is 0 Å². The van der Waals surface area contributed by atoms with Gasteiger partial charge >= 0.3 is 0 Å². The topological polar surface area (TPSA) is 6.48 Å². The van der Waals surface area contributed by atoms with Crippen LogP contribution in [0.5, 0.6) is 0 Å². The number of fused-ring (bicyclic) bond motifs is 5. The third-order valence-corrected chi connectivity index (χ3v) is 21.0. The first-order chi connectivity index (χ1) is 24.6. The summed E-state index contributed by atoms with van der Waals surface area (Å²) in [5.41, 5.74) is 13.0. The Kier molecular flexibility index (Phi) is 8.12. The highest BCUT2D eigenvalue weighted by molar-refractivity contribution is 6.99. The molecule has 0 heterocycles. The lowest BCUT2D eigenvalue weighted by atomic mass is 9.95. The summed E-state index contributed by atoms with van der Waals surface area (Å²) in [5, 5.41) is 2.60. The molecule has 0 saturated heterocycles. The van der Waals surface area contributed by atoms with Crippen molar-refractivity contribution in [1.82, 2.24) is 0 Å². The first-order valence-electron chi connectivity index (χ1n) is 18.1. The van der Waals surface area contributed by atoms with Crippen molar-refractivity contribution in [3.63, 3.8) is 0 Å². The molecular weight excluding hydrogens is 649 g/mol. The number of para-hydroxylation sites is 4. The van der Waals surface area contributed by atoms with Gasteiger partial charge in [0, 0.05) is 38.5 Å². The normalized spacial score (nSPS) is 13.5. The zero-order valence-electron chi connectivity index (χ0n) is 30.6. The molecule has 0 N–H and O–H groups in total. The van der Waals surface area contributed by atoms with Gasteiger partial charge in [0.25, 0.3) is 0 Å². The predicted octanol–water partition coefficient (Wildman–Crippen LogP) is 13.8. The molecule has 0 aliphatic heterocycles. The fraction of sp³-hybridized carbons (Fsp3) is 0.149. The average molecular weight is 695 g/mol. The van der Waals surface area contributed by atoms with E-state index in [2.05, 4.69) is 219 Å². The second kappa shape index (κ2) is 12.6. The molecule has 0 fully saturated rings. The third-order valence-electron chi connectivity index (χ3n) is 10.9. The van der Waals surface area contributed by atoms with Crippen LogP contribution in [0, 0.1) is 0 Å². The maximum atomic E-state index is 2.62. The van der Waals surface area contributed by atoms with Crippen LogP contribution in [0.15, 0.2) is 170 Å². The van der Waals surface area contributed by atoms with Gasteiger partial charge in [-0.15, -0.1) is 0 Å². The summed E-state index contributed by atoms with van der Waals surface area (Å²) in [7, 11) is -4.02. The summed E-state index contributed by atoms with van der Waals surface area (Å²) >= 11 is 0. The smallest absolute Gasteiger partial charge is 0.0579 e. The van der Waals surface area contributed by atoms with E-state index in [0.717, 1.165) is 0 Å². The molecule has 0 bridgehead atoms. The minimum Gasteiger partial charge on any atom is -0.310 e. The van der Waals surface area contributed by atoms with E-state index in [4.69, 9.17) is 0 Å². The molecule has 7 aromatic carbocycles. The van der Waals surface area contributed by atoms with Crippen molar-refractivity contribution < 1.29 is 0 Å². The summed E-state index contributed by atoms with van der Waals surface area (Å²) in [6, 6.07) is 62.5. The van der Waals surface area contributed by atoms with Crippen molar-refractivity contribution in [3.05, 3.63) is 181 Å². The fourth-order valence-corrected chi connectivity index (χ4v) is 22.4. The molecule has 7 aromatic rings. The molecule has 51 heavy (non-hydrogen) atoms. The quantitative estimate of drug-likeness (QED) is 0.146. The Balaban J connectivity index is 1.47. The van der Waals surface area contributed by atoms with Gasteiger partial charge in [0.05, 0.1) is 21.8 Å². The highest BCUT2D eigenvalue weighted by Gasteiger charge is 2.59. The Hall–Kier alpha value is -5.17.